The van der Waals surface area contributed by atoms with Crippen molar-refractivity contribution in [3.63, 3.8) is 0 Å². The van der Waals surface area contributed by atoms with E-state index in [4.69, 9.17) is 0 Å². The van der Waals surface area contributed by atoms with E-state index in [0.29, 0.717) is 0 Å². The molecule has 0 unspecified atom stereocenters. The van der Waals surface area contributed by atoms with Crippen LogP contribution in [0.2, 0.25) is 0 Å². The fourth-order valence-corrected chi connectivity index (χ4v) is 2.54. The Kier molecular flexibility index (Phi) is 4.53. The van der Waals surface area contributed by atoms with Crippen LogP contribution in [0.15, 0.2) is 51.2 Å². The van der Waals surface area contributed by atoms with Crippen molar-refractivity contribution in [3.8, 4) is 0 Å². The predicted octanol–water partition coefficient (Wildman–Crippen LogP) is 3.11. The van der Waals surface area contributed by atoms with Gasteiger partial charge >= 0.3 is 0 Å². The Hall–Kier alpha value is -0.910. The van der Waals surface area contributed by atoms with Gasteiger partial charge in [0, 0.05) is 18.9 Å². The number of nitrogens with zero attached hydrogens (tertiary/aromatic N) is 2. The SMILES string of the molecule is CNCc1ccc(Sc2ncccc2Br)nc1. The van der Waals surface area contributed by atoms with Crippen LogP contribution in [0, 0.1) is 0 Å². The van der Waals surface area contributed by atoms with E-state index in [2.05, 4.69) is 37.3 Å². The zero-order valence-electron chi connectivity index (χ0n) is 9.35. The zero-order chi connectivity index (χ0) is 12.1. The quantitative estimate of drug-likeness (QED) is 0.941. The van der Waals surface area contributed by atoms with Crippen molar-refractivity contribution in [2.24, 2.45) is 0 Å². The van der Waals surface area contributed by atoms with Gasteiger partial charge in [0.1, 0.15) is 10.1 Å². The molecule has 0 aliphatic rings. The van der Waals surface area contributed by atoms with Crippen LogP contribution in [0.3, 0.4) is 0 Å². The first kappa shape index (κ1) is 12.5. The third-order valence-electron chi connectivity index (χ3n) is 2.10. The molecule has 0 fully saturated rings. The molecule has 0 aromatic carbocycles. The summed E-state index contributed by atoms with van der Waals surface area (Å²) < 4.78 is 0.992. The van der Waals surface area contributed by atoms with Crippen molar-refractivity contribution < 1.29 is 0 Å². The topological polar surface area (TPSA) is 37.8 Å². The second kappa shape index (κ2) is 6.14. The maximum atomic E-state index is 4.40. The van der Waals surface area contributed by atoms with Crippen LogP contribution in [0.25, 0.3) is 0 Å². The Morgan fingerprint density at radius 3 is 2.82 bits per heavy atom. The molecule has 2 aromatic rings. The molecular formula is C12H12BrN3S. The third-order valence-corrected chi connectivity index (χ3v) is 3.98. The molecule has 0 spiro atoms. The largest absolute Gasteiger partial charge is 0.316 e. The Bertz CT molecular complexity index is 487. The highest BCUT2D eigenvalue weighted by Gasteiger charge is 2.04. The van der Waals surface area contributed by atoms with Crippen molar-refractivity contribution in [1.82, 2.24) is 15.3 Å². The highest BCUT2D eigenvalue weighted by Crippen LogP contribution is 2.29. The molecule has 0 saturated carbocycles. The van der Waals surface area contributed by atoms with Gasteiger partial charge in [-0.15, -0.1) is 0 Å². The van der Waals surface area contributed by atoms with E-state index in [9.17, 15) is 0 Å². The molecule has 0 radical (unpaired) electrons. The summed E-state index contributed by atoms with van der Waals surface area (Å²) in [5, 5.41) is 4.98. The van der Waals surface area contributed by atoms with Gasteiger partial charge in [-0.25, -0.2) is 9.97 Å². The van der Waals surface area contributed by atoms with Crippen molar-refractivity contribution in [2.45, 2.75) is 16.6 Å². The molecule has 0 atom stereocenters. The molecule has 0 bridgehead atoms. The molecule has 17 heavy (non-hydrogen) atoms. The second-order valence-electron chi connectivity index (χ2n) is 3.43. The van der Waals surface area contributed by atoms with Gasteiger partial charge in [-0.3, -0.25) is 0 Å². The average Bonchev–Trinajstić information content (AvgIpc) is 2.35. The van der Waals surface area contributed by atoms with E-state index < -0.39 is 0 Å². The van der Waals surface area contributed by atoms with Gasteiger partial charge in [0.2, 0.25) is 0 Å². The molecule has 0 aliphatic carbocycles. The Labute approximate surface area is 113 Å². The minimum absolute atomic E-state index is 0.839. The summed E-state index contributed by atoms with van der Waals surface area (Å²) in [5.74, 6) is 0. The van der Waals surface area contributed by atoms with Gasteiger partial charge in [0.25, 0.3) is 0 Å². The summed E-state index contributed by atoms with van der Waals surface area (Å²) in [7, 11) is 1.92. The summed E-state index contributed by atoms with van der Waals surface area (Å²) >= 11 is 5.02. The van der Waals surface area contributed by atoms with Gasteiger partial charge < -0.3 is 5.32 Å². The molecular weight excluding hydrogens is 298 g/mol. The third kappa shape index (κ3) is 3.52. The normalized spacial score (nSPS) is 10.5. The molecule has 2 heterocycles. The van der Waals surface area contributed by atoms with Crippen molar-refractivity contribution in [2.75, 3.05) is 7.05 Å². The van der Waals surface area contributed by atoms with Crippen LogP contribution in [0.4, 0.5) is 0 Å². The fraction of sp³-hybridized carbons (Fsp3) is 0.167. The van der Waals surface area contributed by atoms with Crippen LogP contribution >= 0.6 is 27.7 Å². The van der Waals surface area contributed by atoms with E-state index in [1.807, 2.05) is 31.4 Å². The summed E-state index contributed by atoms with van der Waals surface area (Å²) in [4.78, 5) is 8.69. The second-order valence-corrected chi connectivity index (χ2v) is 5.29. The summed E-state index contributed by atoms with van der Waals surface area (Å²) in [6, 6.07) is 7.96. The minimum atomic E-state index is 0.839. The van der Waals surface area contributed by atoms with Crippen molar-refractivity contribution >= 4 is 27.7 Å². The van der Waals surface area contributed by atoms with E-state index in [1.165, 1.54) is 5.56 Å². The van der Waals surface area contributed by atoms with Gasteiger partial charge in [-0.1, -0.05) is 6.07 Å². The lowest BCUT2D eigenvalue weighted by atomic mass is 10.3. The van der Waals surface area contributed by atoms with Crippen LogP contribution in [-0.4, -0.2) is 17.0 Å². The molecule has 3 nitrogen and oxygen atoms in total. The average molecular weight is 310 g/mol. The van der Waals surface area contributed by atoms with E-state index >= 15 is 0 Å². The van der Waals surface area contributed by atoms with Gasteiger partial charge in [0.05, 0.1) is 4.47 Å². The molecule has 5 heteroatoms. The first-order valence-electron chi connectivity index (χ1n) is 5.17. The van der Waals surface area contributed by atoms with Crippen LogP contribution in [-0.2, 0) is 6.54 Å². The van der Waals surface area contributed by atoms with Gasteiger partial charge in [-0.05, 0) is 58.5 Å². The maximum absolute atomic E-state index is 4.40. The molecule has 1 N–H and O–H groups in total. The number of aromatic nitrogens is 2. The first-order chi connectivity index (χ1) is 8.29. The smallest absolute Gasteiger partial charge is 0.116 e. The molecule has 0 saturated heterocycles. The first-order valence-corrected chi connectivity index (χ1v) is 6.78. The van der Waals surface area contributed by atoms with Gasteiger partial charge in [0.15, 0.2) is 0 Å². The van der Waals surface area contributed by atoms with Crippen molar-refractivity contribution in [1.29, 1.82) is 0 Å². The molecule has 2 rings (SSSR count). The van der Waals surface area contributed by atoms with Crippen LogP contribution < -0.4 is 5.32 Å². The number of pyridine rings is 2. The maximum Gasteiger partial charge on any atom is 0.116 e. The van der Waals surface area contributed by atoms with Gasteiger partial charge in [-0.2, -0.15) is 0 Å². The number of halogens is 1. The lowest BCUT2D eigenvalue weighted by Crippen LogP contribution is -2.05. The van der Waals surface area contributed by atoms with E-state index in [0.717, 1.165) is 21.1 Å². The molecule has 0 amide bonds. The van der Waals surface area contributed by atoms with E-state index in [1.54, 1.807) is 18.0 Å². The summed E-state index contributed by atoms with van der Waals surface area (Å²) in [6.07, 6.45) is 3.66. The van der Waals surface area contributed by atoms with Crippen molar-refractivity contribution in [3.05, 3.63) is 46.7 Å². The number of hydrogen-bond donors (Lipinski definition) is 1. The monoisotopic (exact) mass is 309 g/mol. The van der Waals surface area contributed by atoms with Crippen LogP contribution in [0.5, 0.6) is 0 Å². The Morgan fingerprint density at radius 1 is 1.29 bits per heavy atom. The predicted molar refractivity (Wildman–Crippen MR) is 73.1 cm³/mol. The number of nitrogens with one attached hydrogen (secondary N) is 1. The van der Waals surface area contributed by atoms with E-state index in [-0.39, 0.29) is 0 Å². The Morgan fingerprint density at radius 2 is 2.18 bits per heavy atom. The standard InChI is InChI=1S/C12H12BrN3S/c1-14-7-9-4-5-11(16-8-9)17-12-10(13)3-2-6-15-12/h2-6,8,14H,7H2,1H3. The lowest BCUT2D eigenvalue weighted by molar-refractivity contribution is 0.809. The zero-order valence-corrected chi connectivity index (χ0v) is 11.8. The minimum Gasteiger partial charge on any atom is -0.316 e. The summed E-state index contributed by atoms with van der Waals surface area (Å²) in [6.45, 7) is 0.839. The lowest BCUT2D eigenvalue weighted by Gasteiger charge is -2.03. The highest BCUT2D eigenvalue weighted by atomic mass is 79.9. The highest BCUT2D eigenvalue weighted by molar-refractivity contribution is 9.10. The Balaban J connectivity index is 2.11. The number of rotatable bonds is 4. The molecule has 88 valence electrons. The van der Waals surface area contributed by atoms with Crippen LogP contribution in [0.1, 0.15) is 5.56 Å². The molecule has 2 aromatic heterocycles. The summed E-state index contributed by atoms with van der Waals surface area (Å²) in [5.41, 5.74) is 1.18. The number of hydrogen-bond acceptors (Lipinski definition) is 4. The fourth-order valence-electron chi connectivity index (χ4n) is 1.33. The molecule has 0 aliphatic heterocycles.